The summed E-state index contributed by atoms with van der Waals surface area (Å²) < 4.78 is 12.9. The van der Waals surface area contributed by atoms with Crippen molar-refractivity contribution in [2.24, 2.45) is 5.92 Å². The monoisotopic (exact) mass is 290 g/mol. The Kier molecular flexibility index (Phi) is 5.19. The molecule has 2 heteroatoms. The molecule has 0 N–H and O–H groups in total. The Bertz CT molecular complexity index is 560. The van der Waals surface area contributed by atoms with Crippen molar-refractivity contribution in [2.45, 2.75) is 26.7 Å². The Balaban J connectivity index is 2.08. The molecule has 2 aromatic rings. The number of rotatable bonds is 5. The number of hydrogen-bond donors (Lipinski definition) is 0. The van der Waals surface area contributed by atoms with E-state index in [0.717, 1.165) is 18.4 Å². The zero-order valence-corrected chi connectivity index (χ0v) is 12.8. The maximum absolute atomic E-state index is 12.9. The summed E-state index contributed by atoms with van der Waals surface area (Å²) in [4.78, 5) is 0. The second-order valence-electron chi connectivity index (χ2n) is 5.48. The van der Waals surface area contributed by atoms with Gasteiger partial charge in [0.25, 0.3) is 0 Å². The molecular weight excluding hydrogens is 271 g/mol. The molecule has 2 aromatic carbocycles. The lowest BCUT2D eigenvalue weighted by molar-refractivity contribution is 0.579. The molecule has 0 spiro atoms. The predicted molar refractivity (Wildman–Crippen MR) is 83.9 cm³/mol. The van der Waals surface area contributed by atoms with E-state index in [1.165, 1.54) is 28.8 Å². The summed E-state index contributed by atoms with van der Waals surface area (Å²) in [5, 5.41) is 0. The number of hydrogen-bond acceptors (Lipinski definition) is 0. The highest BCUT2D eigenvalue weighted by atomic mass is 35.5. The van der Waals surface area contributed by atoms with E-state index in [0.29, 0.717) is 11.8 Å². The van der Waals surface area contributed by atoms with E-state index < -0.39 is 0 Å². The maximum atomic E-state index is 12.9. The lowest BCUT2D eigenvalue weighted by atomic mass is 9.91. The van der Waals surface area contributed by atoms with Gasteiger partial charge >= 0.3 is 0 Å². The summed E-state index contributed by atoms with van der Waals surface area (Å²) in [5.41, 5.74) is 5.09. The molecule has 0 amide bonds. The molecule has 2 rings (SSSR count). The van der Waals surface area contributed by atoms with Crippen LogP contribution in [0.3, 0.4) is 0 Å². The number of alkyl halides is 1. The van der Waals surface area contributed by atoms with Crippen LogP contribution in [0.5, 0.6) is 0 Å². The number of benzene rings is 2. The standard InChI is InChI=1S/C18H20ClF/c1-13-3-4-14(2)17(9-13)11-16(12-19)10-15-5-7-18(20)8-6-15/h3-9,16H,10-12H2,1-2H3. The third kappa shape index (κ3) is 4.08. The predicted octanol–water partition coefficient (Wildman–Crippen LogP) is 5.08. The van der Waals surface area contributed by atoms with Gasteiger partial charge < -0.3 is 0 Å². The van der Waals surface area contributed by atoms with Crippen LogP contribution in [0.1, 0.15) is 22.3 Å². The molecule has 1 unspecified atom stereocenters. The van der Waals surface area contributed by atoms with Crippen molar-refractivity contribution in [3.8, 4) is 0 Å². The van der Waals surface area contributed by atoms with Gasteiger partial charge in [-0.2, -0.15) is 0 Å². The molecule has 0 nitrogen and oxygen atoms in total. The van der Waals surface area contributed by atoms with Crippen LogP contribution in [0, 0.1) is 25.6 Å². The fraction of sp³-hybridized carbons (Fsp3) is 0.333. The molecule has 0 aliphatic heterocycles. The summed E-state index contributed by atoms with van der Waals surface area (Å²) >= 11 is 6.12. The second-order valence-corrected chi connectivity index (χ2v) is 5.79. The van der Waals surface area contributed by atoms with Crippen LogP contribution in [0.4, 0.5) is 4.39 Å². The molecule has 0 fully saturated rings. The Morgan fingerprint density at radius 2 is 1.70 bits per heavy atom. The SMILES string of the molecule is Cc1ccc(C)c(CC(CCl)Cc2ccc(F)cc2)c1. The van der Waals surface area contributed by atoms with Crippen LogP contribution in [0.25, 0.3) is 0 Å². The first-order valence-corrected chi connectivity index (χ1v) is 7.48. The third-order valence-electron chi connectivity index (χ3n) is 3.67. The van der Waals surface area contributed by atoms with Gasteiger partial charge in [0, 0.05) is 5.88 Å². The second kappa shape index (κ2) is 6.90. The Morgan fingerprint density at radius 1 is 1.00 bits per heavy atom. The lowest BCUT2D eigenvalue weighted by Gasteiger charge is -2.16. The van der Waals surface area contributed by atoms with Crippen LogP contribution < -0.4 is 0 Å². The van der Waals surface area contributed by atoms with E-state index >= 15 is 0 Å². The summed E-state index contributed by atoms with van der Waals surface area (Å²) in [5.74, 6) is 0.804. The minimum Gasteiger partial charge on any atom is -0.207 e. The average molecular weight is 291 g/mol. The lowest BCUT2D eigenvalue weighted by Crippen LogP contribution is -2.11. The fourth-order valence-corrected chi connectivity index (χ4v) is 2.68. The molecule has 1 atom stereocenters. The zero-order valence-electron chi connectivity index (χ0n) is 12.0. The van der Waals surface area contributed by atoms with E-state index in [1.807, 2.05) is 12.1 Å². The molecule has 0 aliphatic rings. The van der Waals surface area contributed by atoms with Crippen molar-refractivity contribution < 1.29 is 4.39 Å². The van der Waals surface area contributed by atoms with Crippen LogP contribution in [0.2, 0.25) is 0 Å². The Morgan fingerprint density at radius 3 is 2.35 bits per heavy atom. The van der Waals surface area contributed by atoms with E-state index in [-0.39, 0.29) is 5.82 Å². The van der Waals surface area contributed by atoms with Crippen molar-refractivity contribution in [1.29, 1.82) is 0 Å². The van der Waals surface area contributed by atoms with E-state index in [1.54, 1.807) is 0 Å². The molecule has 106 valence electrons. The van der Waals surface area contributed by atoms with Gasteiger partial charge in [-0.3, -0.25) is 0 Å². The Labute approximate surface area is 125 Å². The number of aryl methyl sites for hydroxylation is 2. The highest BCUT2D eigenvalue weighted by Crippen LogP contribution is 2.20. The van der Waals surface area contributed by atoms with Gasteiger partial charge in [0.05, 0.1) is 0 Å². The van der Waals surface area contributed by atoms with Crippen molar-refractivity contribution in [3.05, 3.63) is 70.5 Å². The van der Waals surface area contributed by atoms with E-state index in [9.17, 15) is 4.39 Å². The molecule has 0 aromatic heterocycles. The summed E-state index contributed by atoms with van der Waals surface area (Å²) in [6.45, 7) is 4.25. The van der Waals surface area contributed by atoms with Gasteiger partial charge in [0.15, 0.2) is 0 Å². The molecule has 0 saturated heterocycles. The molecule has 0 radical (unpaired) electrons. The largest absolute Gasteiger partial charge is 0.207 e. The van der Waals surface area contributed by atoms with E-state index in [4.69, 9.17) is 11.6 Å². The Hall–Kier alpha value is -1.34. The van der Waals surface area contributed by atoms with Crippen molar-refractivity contribution >= 4 is 11.6 Å². The quantitative estimate of drug-likeness (QED) is 0.673. The van der Waals surface area contributed by atoms with Gasteiger partial charge in [0.1, 0.15) is 5.82 Å². The van der Waals surface area contributed by atoms with Crippen molar-refractivity contribution in [1.82, 2.24) is 0 Å². The molecule has 0 bridgehead atoms. The molecule has 0 heterocycles. The van der Waals surface area contributed by atoms with Crippen LogP contribution in [-0.2, 0) is 12.8 Å². The minimum absolute atomic E-state index is 0.189. The first-order valence-electron chi connectivity index (χ1n) is 6.95. The highest BCUT2D eigenvalue weighted by molar-refractivity contribution is 6.18. The van der Waals surface area contributed by atoms with Crippen LogP contribution >= 0.6 is 11.6 Å². The summed E-state index contributed by atoms with van der Waals surface area (Å²) in [6.07, 6.45) is 1.85. The third-order valence-corrected chi connectivity index (χ3v) is 4.11. The summed E-state index contributed by atoms with van der Waals surface area (Å²) in [7, 11) is 0. The molecular formula is C18H20ClF. The van der Waals surface area contributed by atoms with Gasteiger partial charge in [-0.1, -0.05) is 35.9 Å². The van der Waals surface area contributed by atoms with Crippen LogP contribution in [0.15, 0.2) is 42.5 Å². The molecule has 0 aliphatic carbocycles. The first-order chi connectivity index (χ1) is 9.58. The molecule has 0 saturated carbocycles. The van der Waals surface area contributed by atoms with Gasteiger partial charge in [0.2, 0.25) is 0 Å². The zero-order chi connectivity index (χ0) is 14.5. The summed E-state index contributed by atoms with van der Waals surface area (Å²) in [6, 6.07) is 13.2. The van der Waals surface area contributed by atoms with Gasteiger partial charge in [-0.15, -0.1) is 11.6 Å². The van der Waals surface area contributed by atoms with E-state index in [2.05, 4.69) is 32.0 Å². The topological polar surface area (TPSA) is 0 Å². The average Bonchev–Trinajstić information content (AvgIpc) is 2.44. The van der Waals surface area contributed by atoms with Gasteiger partial charge in [-0.05, 0) is 61.4 Å². The van der Waals surface area contributed by atoms with Crippen molar-refractivity contribution in [3.63, 3.8) is 0 Å². The van der Waals surface area contributed by atoms with Crippen LogP contribution in [-0.4, -0.2) is 5.88 Å². The normalized spacial score (nSPS) is 12.4. The molecule has 20 heavy (non-hydrogen) atoms. The first kappa shape index (κ1) is 15.1. The fourth-order valence-electron chi connectivity index (χ4n) is 2.47. The minimum atomic E-state index is -0.189. The maximum Gasteiger partial charge on any atom is 0.123 e. The smallest absolute Gasteiger partial charge is 0.123 e. The van der Waals surface area contributed by atoms with Crippen molar-refractivity contribution in [2.75, 3.05) is 5.88 Å². The number of halogens is 2. The highest BCUT2D eigenvalue weighted by Gasteiger charge is 2.11. The van der Waals surface area contributed by atoms with Gasteiger partial charge in [-0.25, -0.2) is 4.39 Å².